The van der Waals surface area contributed by atoms with Crippen LogP contribution in [0.3, 0.4) is 0 Å². The lowest BCUT2D eigenvalue weighted by Crippen LogP contribution is -1.89. The van der Waals surface area contributed by atoms with Crippen LogP contribution in [-0.4, -0.2) is 9.97 Å². The summed E-state index contributed by atoms with van der Waals surface area (Å²) in [6.45, 7) is 4.43. The molecule has 0 spiro atoms. The molecule has 0 fully saturated rings. The molecule has 0 saturated carbocycles. The van der Waals surface area contributed by atoms with E-state index < -0.39 is 0 Å². The van der Waals surface area contributed by atoms with Crippen molar-refractivity contribution in [3.8, 4) is 11.3 Å². The van der Waals surface area contributed by atoms with E-state index in [4.69, 9.17) is 0 Å². The van der Waals surface area contributed by atoms with Crippen molar-refractivity contribution in [1.82, 2.24) is 9.97 Å². The van der Waals surface area contributed by atoms with Gasteiger partial charge in [0.15, 0.2) is 0 Å². The van der Waals surface area contributed by atoms with E-state index in [9.17, 15) is 0 Å². The quantitative estimate of drug-likeness (QED) is 0.349. The Morgan fingerprint density at radius 1 is 0.846 bits per heavy atom. The maximum absolute atomic E-state index is 4.65. The summed E-state index contributed by atoms with van der Waals surface area (Å²) in [6, 6.07) is 21.7. The van der Waals surface area contributed by atoms with Gasteiger partial charge in [-0.05, 0) is 28.3 Å². The van der Waals surface area contributed by atoms with Crippen LogP contribution in [0.5, 0.6) is 0 Å². The third-order valence-electron chi connectivity index (χ3n) is 4.99. The summed E-state index contributed by atoms with van der Waals surface area (Å²) in [5.74, 6) is 0.533. The lowest BCUT2D eigenvalue weighted by Gasteiger charge is -2.07. The Morgan fingerprint density at radius 2 is 1.65 bits per heavy atom. The molecule has 26 heavy (non-hydrogen) atoms. The van der Waals surface area contributed by atoms with Gasteiger partial charge in [0.1, 0.15) is 6.33 Å². The van der Waals surface area contributed by atoms with Crippen LogP contribution in [-0.2, 0) is 0 Å². The molecule has 0 N–H and O–H groups in total. The summed E-state index contributed by atoms with van der Waals surface area (Å²) >= 11 is 1.78. The average molecular weight is 354 g/mol. The molecule has 0 aliphatic carbocycles. The van der Waals surface area contributed by atoms with Gasteiger partial charge in [-0.3, -0.25) is 0 Å². The molecule has 3 heteroatoms. The summed E-state index contributed by atoms with van der Waals surface area (Å²) in [5, 5.41) is 3.75. The smallest absolute Gasteiger partial charge is 0.116 e. The lowest BCUT2D eigenvalue weighted by atomic mass is 10.0. The van der Waals surface area contributed by atoms with Crippen LogP contribution in [0.15, 0.2) is 67.0 Å². The number of thiophene rings is 1. The van der Waals surface area contributed by atoms with Crippen LogP contribution < -0.4 is 0 Å². The molecule has 0 amide bonds. The number of fused-ring (bicyclic) bond motifs is 5. The number of nitrogens with zero attached hydrogens (tertiary/aromatic N) is 2. The largest absolute Gasteiger partial charge is 0.235 e. The highest BCUT2D eigenvalue weighted by molar-refractivity contribution is 7.26. The van der Waals surface area contributed by atoms with Crippen LogP contribution in [0, 0.1) is 0 Å². The molecule has 0 bridgehead atoms. The van der Waals surface area contributed by atoms with Gasteiger partial charge in [0.05, 0.1) is 15.9 Å². The summed E-state index contributed by atoms with van der Waals surface area (Å²) in [7, 11) is 0. The highest BCUT2D eigenvalue weighted by Crippen LogP contribution is 2.40. The van der Waals surface area contributed by atoms with Crippen molar-refractivity contribution in [3.05, 3.63) is 72.6 Å². The van der Waals surface area contributed by atoms with E-state index in [-0.39, 0.29) is 0 Å². The van der Waals surface area contributed by atoms with Crippen molar-refractivity contribution in [2.75, 3.05) is 0 Å². The minimum Gasteiger partial charge on any atom is -0.235 e. The van der Waals surface area contributed by atoms with Crippen molar-refractivity contribution in [1.29, 1.82) is 0 Å². The Labute approximate surface area is 156 Å². The molecular weight excluding hydrogens is 336 g/mol. The van der Waals surface area contributed by atoms with Gasteiger partial charge >= 0.3 is 0 Å². The maximum atomic E-state index is 4.65. The molecule has 0 radical (unpaired) electrons. The number of benzene rings is 3. The molecule has 3 aromatic carbocycles. The van der Waals surface area contributed by atoms with Gasteiger partial charge in [0.25, 0.3) is 0 Å². The first-order chi connectivity index (χ1) is 12.7. The minimum atomic E-state index is 0.533. The van der Waals surface area contributed by atoms with Crippen molar-refractivity contribution >= 4 is 42.4 Å². The third kappa shape index (κ3) is 2.31. The van der Waals surface area contributed by atoms with Crippen LogP contribution in [0.2, 0.25) is 0 Å². The first-order valence-corrected chi connectivity index (χ1v) is 9.69. The van der Waals surface area contributed by atoms with Crippen molar-refractivity contribution in [2.24, 2.45) is 0 Å². The predicted molar refractivity (Wildman–Crippen MR) is 112 cm³/mol. The van der Waals surface area contributed by atoms with Gasteiger partial charge in [-0.15, -0.1) is 11.3 Å². The van der Waals surface area contributed by atoms with E-state index in [1.54, 1.807) is 17.7 Å². The number of aromatic nitrogens is 2. The number of rotatable bonds is 2. The van der Waals surface area contributed by atoms with Crippen molar-refractivity contribution < 1.29 is 0 Å². The molecule has 0 saturated heterocycles. The molecule has 0 unspecified atom stereocenters. The molecule has 0 aliphatic heterocycles. The summed E-state index contributed by atoms with van der Waals surface area (Å²) in [4.78, 5) is 9.28. The lowest BCUT2D eigenvalue weighted by molar-refractivity contribution is 0.867. The van der Waals surface area contributed by atoms with Gasteiger partial charge in [0, 0.05) is 15.6 Å². The topological polar surface area (TPSA) is 25.8 Å². The van der Waals surface area contributed by atoms with E-state index in [1.807, 2.05) is 0 Å². The molecule has 126 valence electrons. The van der Waals surface area contributed by atoms with E-state index in [0.29, 0.717) is 5.92 Å². The van der Waals surface area contributed by atoms with Crippen LogP contribution in [0.25, 0.3) is 42.3 Å². The Bertz CT molecular complexity index is 1250. The van der Waals surface area contributed by atoms with E-state index in [0.717, 1.165) is 21.5 Å². The second-order valence-corrected chi connectivity index (χ2v) is 7.99. The summed E-state index contributed by atoms with van der Waals surface area (Å²) in [6.07, 6.45) is 1.70. The van der Waals surface area contributed by atoms with Crippen LogP contribution in [0.4, 0.5) is 0 Å². The van der Waals surface area contributed by atoms with Gasteiger partial charge in [-0.1, -0.05) is 68.4 Å². The zero-order chi connectivity index (χ0) is 17.7. The van der Waals surface area contributed by atoms with Crippen LogP contribution >= 0.6 is 11.3 Å². The van der Waals surface area contributed by atoms with Gasteiger partial charge in [-0.25, -0.2) is 9.97 Å². The first kappa shape index (κ1) is 15.5. The first-order valence-electron chi connectivity index (χ1n) is 8.87. The van der Waals surface area contributed by atoms with Gasteiger partial charge in [-0.2, -0.15) is 0 Å². The molecule has 2 heterocycles. The highest BCUT2D eigenvalue weighted by Gasteiger charge is 2.15. The van der Waals surface area contributed by atoms with Gasteiger partial charge < -0.3 is 0 Å². The Hall–Kier alpha value is -2.78. The second kappa shape index (κ2) is 5.89. The molecule has 5 rings (SSSR count). The highest BCUT2D eigenvalue weighted by atomic mass is 32.1. The van der Waals surface area contributed by atoms with E-state index in [1.165, 1.54) is 26.4 Å². The Kier molecular flexibility index (Phi) is 3.50. The molecule has 0 atom stereocenters. The van der Waals surface area contributed by atoms with Crippen LogP contribution in [0.1, 0.15) is 25.3 Å². The Balaban J connectivity index is 1.81. The monoisotopic (exact) mass is 354 g/mol. The second-order valence-electron chi connectivity index (χ2n) is 6.94. The molecule has 0 aliphatic rings. The maximum Gasteiger partial charge on any atom is 0.116 e. The van der Waals surface area contributed by atoms with E-state index in [2.05, 4.69) is 84.5 Å². The van der Waals surface area contributed by atoms with Crippen molar-refractivity contribution in [2.45, 2.75) is 19.8 Å². The fourth-order valence-corrected chi connectivity index (χ4v) is 4.75. The standard InChI is InChI=1S/C23H18N2S/c1-14(2)15-7-9-17(10-8-15)21-23-22(25-13-24-21)20-18-6-4-3-5-16(18)11-12-19(20)26-23/h3-14H,1-2H3. The average Bonchev–Trinajstić information content (AvgIpc) is 3.07. The molecule has 2 nitrogen and oxygen atoms in total. The predicted octanol–water partition coefficient (Wildman–Crippen LogP) is 6.79. The van der Waals surface area contributed by atoms with Crippen molar-refractivity contribution in [3.63, 3.8) is 0 Å². The zero-order valence-corrected chi connectivity index (χ0v) is 15.5. The molecular formula is C23H18N2S. The zero-order valence-electron chi connectivity index (χ0n) is 14.7. The minimum absolute atomic E-state index is 0.533. The number of hydrogen-bond donors (Lipinski definition) is 0. The number of hydrogen-bond acceptors (Lipinski definition) is 3. The molecule has 2 aromatic heterocycles. The van der Waals surface area contributed by atoms with E-state index >= 15 is 0 Å². The van der Waals surface area contributed by atoms with Gasteiger partial charge in [0.2, 0.25) is 0 Å². The SMILES string of the molecule is CC(C)c1ccc(-c2ncnc3c2sc2ccc4ccccc4c23)cc1. The normalized spacial score (nSPS) is 11.8. The fourth-order valence-electron chi connectivity index (χ4n) is 3.57. The fraction of sp³-hybridized carbons (Fsp3) is 0.130. The third-order valence-corrected chi connectivity index (χ3v) is 6.15. The summed E-state index contributed by atoms with van der Waals surface area (Å²) < 4.78 is 2.43. The molecule has 5 aromatic rings. The Morgan fingerprint density at radius 3 is 2.46 bits per heavy atom. The summed E-state index contributed by atoms with van der Waals surface area (Å²) in [5.41, 5.74) is 4.58.